The van der Waals surface area contributed by atoms with E-state index in [4.69, 9.17) is 5.26 Å². The number of hydrogen-bond acceptors (Lipinski definition) is 2. The zero-order valence-electron chi connectivity index (χ0n) is 11.3. The van der Waals surface area contributed by atoms with E-state index < -0.39 is 0 Å². The summed E-state index contributed by atoms with van der Waals surface area (Å²) in [5, 5.41) is 12.3. The third kappa shape index (κ3) is 2.14. The van der Waals surface area contributed by atoms with Gasteiger partial charge in [-0.3, -0.25) is 0 Å². The average molecular weight is 266 g/mol. The van der Waals surface area contributed by atoms with E-state index in [1.807, 2.05) is 18.2 Å². The molecular weight excluding hydrogens is 251 g/mol. The maximum atomic E-state index is 13.8. The van der Waals surface area contributed by atoms with Gasteiger partial charge in [-0.15, -0.1) is 0 Å². The number of halogens is 1. The van der Waals surface area contributed by atoms with E-state index in [9.17, 15) is 4.39 Å². The molecule has 1 aliphatic carbocycles. The first-order chi connectivity index (χ1) is 9.69. The minimum Gasteiger partial charge on any atom is -0.378 e. The molecule has 20 heavy (non-hydrogen) atoms. The summed E-state index contributed by atoms with van der Waals surface area (Å²) >= 11 is 0. The smallest absolute Gasteiger partial charge is 0.129 e. The van der Waals surface area contributed by atoms with Crippen LogP contribution in [0.2, 0.25) is 0 Å². The van der Waals surface area contributed by atoms with Crippen molar-refractivity contribution in [3.63, 3.8) is 0 Å². The Bertz CT molecular complexity index is 701. The molecular formula is C17H15FN2. The molecule has 1 unspecified atom stereocenters. The second kappa shape index (κ2) is 4.97. The molecule has 0 saturated carbocycles. The molecule has 2 aromatic rings. The summed E-state index contributed by atoms with van der Waals surface area (Å²) in [5.74, 6) is -0.335. The van der Waals surface area contributed by atoms with E-state index >= 15 is 0 Å². The molecule has 0 spiro atoms. The molecule has 2 aromatic carbocycles. The topological polar surface area (TPSA) is 35.8 Å². The second-order valence-corrected chi connectivity index (χ2v) is 5.18. The summed E-state index contributed by atoms with van der Waals surface area (Å²) in [4.78, 5) is 0. The highest BCUT2D eigenvalue weighted by Gasteiger charge is 2.22. The van der Waals surface area contributed by atoms with Gasteiger partial charge in [-0.05, 0) is 43.0 Å². The molecule has 3 rings (SSSR count). The molecule has 3 heteroatoms. The molecule has 2 nitrogen and oxygen atoms in total. The molecule has 0 aliphatic heterocycles. The molecule has 0 radical (unpaired) electrons. The van der Waals surface area contributed by atoms with Crippen LogP contribution in [0.3, 0.4) is 0 Å². The van der Waals surface area contributed by atoms with Crippen molar-refractivity contribution in [1.82, 2.24) is 0 Å². The van der Waals surface area contributed by atoms with Crippen LogP contribution in [0, 0.1) is 24.1 Å². The number of nitrogens with one attached hydrogen (secondary N) is 1. The molecule has 1 N–H and O–H groups in total. The van der Waals surface area contributed by atoms with Crippen molar-refractivity contribution in [2.75, 3.05) is 5.32 Å². The summed E-state index contributed by atoms with van der Waals surface area (Å²) in [6.45, 7) is 1.74. The van der Waals surface area contributed by atoms with Crippen molar-refractivity contribution in [2.45, 2.75) is 25.8 Å². The molecule has 1 atom stereocenters. The van der Waals surface area contributed by atoms with Crippen LogP contribution in [-0.2, 0) is 6.42 Å². The number of nitriles is 1. The van der Waals surface area contributed by atoms with Crippen LogP contribution in [0.25, 0.3) is 0 Å². The maximum Gasteiger partial charge on any atom is 0.129 e. The summed E-state index contributed by atoms with van der Waals surface area (Å²) in [6, 6.07) is 13.5. The maximum absolute atomic E-state index is 13.8. The standard InChI is InChI=1S/C17H15FN2/c1-11-15(18)8-12(10-19)9-17(11)20-16-7-6-13-4-2-3-5-14(13)16/h2-5,8-9,16,20H,6-7H2,1H3. The molecule has 0 fully saturated rings. The van der Waals surface area contributed by atoms with Crippen LogP contribution in [0.1, 0.15) is 34.7 Å². The Labute approximate surface area is 117 Å². The third-order valence-corrected chi connectivity index (χ3v) is 3.94. The van der Waals surface area contributed by atoms with Crippen LogP contribution in [-0.4, -0.2) is 0 Å². The summed E-state index contributed by atoms with van der Waals surface area (Å²) in [6.07, 6.45) is 2.03. The van der Waals surface area contributed by atoms with E-state index in [0.29, 0.717) is 16.8 Å². The van der Waals surface area contributed by atoms with Gasteiger partial charge in [0.1, 0.15) is 5.82 Å². The normalized spacial score (nSPS) is 16.6. The first-order valence-electron chi connectivity index (χ1n) is 6.73. The largest absolute Gasteiger partial charge is 0.378 e. The quantitative estimate of drug-likeness (QED) is 0.888. The van der Waals surface area contributed by atoms with E-state index in [-0.39, 0.29) is 11.9 Å². The molecule has 0 saturated heterocycles. The lowest BCUT2D eigenvalue weighted by Crippen LogP contribution is -2.09. The Balaban J connectivity index is 1.94. The number of anilines is 1. The minimum absolute atomic E-state index is 0.193. The van der Waals surface area contributed by atoms with Crippen LogP contribution in [0.15, 0.2) is 36.4 Å². The Morgan fingerprint density at radius 2 is 2.10 bits per heavy atom. The SMILES string of the molecule is Cc1c(F)cc(C#N)cc1NC1CCc2ccccc21. The lowest BCUT2D eigenvalue weighted by atomic mass is 10.1. The molecule has 1 aliphatic rings. The first-order valence-corrected chi connectivity index (χ1v) is 6.73. The van der Waals surface area contributed by atoms with E-state index in [1.54, 1.807) is 13.0 Å². The number of rotatable bonds is 2. The van der Waals surface area contributed by atoms with Crippen molar-refractivity contribution < 1.29 is 4.39 Å². The van der Waals surface area contributed by atoms with Gasteiger partial charge in [0.25, 0.3) is 0 Å². The van der Waals surface area contributed by atoms with E-state index in [1.165, 1.54) is 17.2 Å². The van der Waals surface area contributed by atoms with E-state index in [0.717, 1.165) is 12.8 Å². The van der Waals surface area contributed by atoms with Crippen LogP contribution in [0.4, 0.5) is 10.1 Å². The molecule has 0 heterocycles. The Kier molecular flexibility index (Phi) is 3.15. The van der Waals surface area contributed by atoms with Crippen LogP contribution >= 0.6 is 0 Å². The predicted octanol–water partition coefficient (Wildman–Crippen LogP) is 4.11. The highest BCUT2D eigenvalue weighted by Crippen LogP contribution is 2.35. The number of aryl methyl sites for hydroxylation is 1. The van der Waals surface area contributed by atoms with Gasteiger partial charge in [0.2, 0.25) is 0 Å². The number of hydrogen-bond donors (Lipinski definition) is 1. The van der Waals surface area contributed by atoms with Crippen LogP contribution in [0.5, 0.6) is 0 Å². The second-order valence-electron chi connectivity index (χ2n) is 5.18. The summed E-state index contributed by atoms with van der Waals surface area (Å²) in [7, 11) is 0. The fourth-order valence-electron chi connectivity index (χ4n) is 2.79. The molecule has 0 aromatic heterocycles. The highest BCUT2D eigenvalue weighted by atomic mass is 19.1. The average Bonchev–Trinajstić information content (AvgIpc) is 2.87. The van der Waals surface area contributed by atoms with Crippen molar-refractivity contribution in [3.8, 4) is 6.07 Å². The van der Waals surface area contributed by atoms with Gasteiger partial charge in [-0.1, -0.05) is 24.3 Å². The predicted molar refractivity (Wildman–Crippen MR) is 77.0 cm³/mol. The van der Waals surface area contributed by atoms with Crippen molar-refractivity contribution >= 4 is 5.69 Å². The van der Waals surface area contributed by atoms with Crippen molar-refractivity contribution in [2.24, 2.45) is 0 Å². The first kappa shape index (κ1) is 12.7. The lowest BCUT2D eigenvalue weighted by molar-refractivity contribution is 0.617. The Hall–Kier alpha value is -2.34. The summed E-state index contributed by atoms with van der Waals surface area (Å²) < 4.78 is 13.8. The third-order valence-electron chi connectivity index (χ3n) is 3.94. The van der Waals surface area contributed by atoms with Gasteiger partial charge in [0.05, 0.1) is 17.7 Å². The van der Waals surface area contributed by atoms with Crippen LogP contribution < -0.4 is 5.32 Å². The zero-order valence-corrected chi connectivity index (χ0v) is 11.3. The van der Waals surface area contributed by atoms with E-state index in [2.05, 4.69) is 17.4 Å². The fraction of sp³-hybridized carbons (Fsp3) is 0.235. The zero-order chi connectivity index (χ0) is 14.1. The van der Waals surface area contributed by atoms with Gasteiger partial charge >= 0.3 is 0 Å². The van der Waals surface area contributed by atoms with Crippen molar-refractivity contribution in [3.05, 3.63) is 64.5 Å². The van der Waals surface area contributed by atoms with Gasteiger partial charge in [-0.2, -0.15) is 5.26 Å². The Morgan fingerprint density at radius 1 is 1.30 bits per heavy atom. The minimum atomic E-state index is -0.335. The lowest BCUT2D eigenvalue weighted by Gasteiger charge is -2.18. The van der Waals surface area contributed by atoms with Crippen molar-refractivity contribution in [1.29, 1.82) is 5.26 Å². The Morgan fingerprint density at radius 3 is 2.90 bits per heavy atom. The van der Waals surface area contributed by atoms with Gasteiger partial charge < -0.3 is 5.32 Å². The highest BCUT2D eigenvalue weighted by molar-refractivity contribution is 5.57. The van der Waals surface area contributed by atoms with Gasteiger partial charge in [0, 0.05) is 11.3 Å². The van der Waals surface area contributed by atoms with Gasteiger partial charge in [-0.25, -0.2) is 4.39 Å². The number of fused-ring (bicyclic) bond motifs is 1. The molecule has 0 amide bonds. The number of nitrogens with zero attached hydrogens (tertiary/aromatic N) is 1. The molecule has 100 valence electrons. The molecule has 0 bridgehead atoms. The fourth-order valence-corrected chi connectivity index (χ4v) is 2.79. The number of benzene rings is 2. The summed E-state index contributed by atoms with van der Waals surface area (Å²) in [5.41, 5.74) is 4.24. The monoisotopic (exact) mass is 266 g/mol. The van der Waals surface area contributed by atoms with Gasteiger partial charge in [0.15, 0.2) is 0 Å².